The van der Waals surface area contributed by atoms with Crippen LogP contribution in [-0.4, -0.2) is 61.0 Å². The van der Waals surface area contributed by atoms with E-state index in [1.807, 2.05) is 30.3 Å². The van der Waals surface area contributed by atoms with Gasteiger partial charge in [-0.3, -0.25) is 9.36 Å². The average molecular weight is 478 g/mol. The first-order valence-electron chi connectivity index (χ1n) is 11.0. The van der Waals surface area contributed by atoms with Crippen LogP contribution >= 0.6 is 0 Å². The molecule has 180 valence electrons. The number of hydrogen-bond acceptors (Lipinski definition) is 8. The Morgan fingerprint density at radius 2 is 1.91 bits per heavy atom. The summed E-state index contributed by atoms with van der Waals surface area (Å²) in [5.74, 6) is -0.383. The number of carbonyl (C=O) groups is 1. The van der Waals surface area contributed by atoms with E-state index in [0.717, 1.165) is 5.56 Å². The van der Waals surface area contributed by atoms with Gasteiger partial charge in [-0.2, -0.15) is 0 Å². The summed E-state index contributed by atoms with van der Waals surface area (Å²) in [6, 6.07) is 15.6. The van der Waals surface area contributed by atoms with Gasteiger partial charge in [0.2, 0.25) is 0 Å². The van der Waals surface area contributed by atoms with Crippen molar-refractivity contribution >= 4 is 22.9 Å². The van der Waals surface area contributed by atoms with Crippen molar-refractivity contribution in [2.24, 2.45) is 0 Å². The second-order valence-electron chi connectivity index (χ2n) is 8.11. The highest BCUT2D eigenvalue weighted by Gasteiger charge is 2.47. The minimum absolute atomic E-state index is 0.227. The first-order valence-corrected chi connectivity index (χ1v) is 11.0. The average Bonchev–Trinajstić information content (AvgIpc) is 3.43. The van der Waals surface area contributed by atoms with E-state index in [4.69, 9.17) is 4.74 Å². The normalized spacial score (nSPS) is 21.8. The second-order valence-corrected chi connectivity index (χ2v) is 8.11. The summed E-state index contributed by atoms with van der Waals surface area (Å²) < 4.78 is 21.1. The predicted molar refractivity (Wildman–Crippen MR) is 124 cm³/mol. The maximum atomic E-state index is 13.9. The van der Waals surface area contributed by atoms with Crippen LogP contribution < -0.4 is 10.6 Å². The SMILES string of the molecule is CNC(=O)[C@H]1O[C@@H](n2cnc3c(NCc4ccccc4)nc(-c4cccc(F)c4)nc32)[C@H](O)[C@@H]1O. The van der Waals surface area contributed by atoms with Gasteiger partial charge >= 0.3 is 0 Å². The summed E-state index contributed by atoms with van der Waals surface area (Å²) in [7, 11) is 1.41. The van der Waals surface area contributed by atoms with Crippen molar-refractivity contribution < 1.29 is 24.1 Å². The van der Waals surface area contributed by atoms with Crippen LogP contribution in [0.5, 0.6) is 0 Å². The largest absolute Gasteiger partial charge is 0.387 e. The van der Waals surface area contributed by atoms with Gasteiger partial charge in [0.25, 0.3) is 5.91 Å². The highest BCUT2D eigenvalue weighted by molar-refractivity contribution is 5.85. The third kappa shape index (κ3) is 4.32. The summed E-state index contributed by atoms with van der Waals surface area (Å²) in [4.78, 5) is 25.6. The smallest absolute Gasteiger partial charge is 0.251 e. The first-order chi connectivity index (χ1) is 17.0. The molecule has 0 unspecified atom stereocenters. The molecule has 1 saturated heterocycles. The molecule has 1 fully saturated rings. The highest BCUT2D eigenvalue weighted by Crippen LogP contribution is 2.33. The second kappa shape index (κ2) is 9.37. The maximum absolute atomic E-state index is 13.9. The number of hydrogen-bond donors (Lipinski definition) is 4. The Bertz CT molecular complexity index is 1360. The van der Waals surface area contributed by atoms with Gasteiger partial charge in [0.05, 0.1) is 6.33 Å². The minimum Gasteiger partial charge on any atom is -0.387 e. The Hall–Kier alpha value is -3.93. The van der Waals surface area contributed by atoms with Crippen molar-refractivity contribution in [2.75, 3.05) is 12.4 Å². The van der Waals surface area contributed by atoms with Crippen molar-refractivity contribution in [3.63, 3.8) is 0 Å². The lowest BCUT2D eigenvalue weighted by Gasteiger charge is -2.17. The molecule has 0 radical (unpaired) electrons. The molecular weight excluding hydrogens is 455 g/mol. The van der Waals surface area contributed by atoms with E-state index in [-0.39, 0.29) is 11.5 Å². The molecule has 4 N–H and O–H groups in total. The molecule has 2 aromatic heterocycles. The quantitative estimate of drug-likeness (QED) is 0.328. The zero-order valence-corrected chi connectivity index (χ0v) is 18.7. The molecule has 1 aliphatic rings. The van der Waals surface area contributed by atoms with Crippen LogP contribution in [0.3, 0.4) is 0 Å². The zero-order valence-electron chi connectivity index (χ0n) is 18.7. The van der Waals surface area contributed by atoms with Gasteiger partial charge in [0.1, 0.15) is 18.0 Å². The molecule has 1 amide bonds. The number of anilines is 1. The Kier molecular flexibility index (Phi) is 6.12. The van der Waals surface area contributed by atoms with Crippen LogP contribution in [0.4, 0.5) is 10.2 Å². The van der Waals surface area contributed by atoms with Gasteiger partial charge in [0.15, 0.2) is 35.1 Å². The number of imidazole rings is 1. The molecular formula is C24H23FN6O4. The van der Waals surface area contributed by atoms with Gasteiger partial charge in [-0.25, -0.2) is 19.3 Å². The number of amides is 1. The lowest BCUT2D eigenvalue weighted by Crippen LogP contribution is -2.41. The molecule has 0 saturated carbocycles. The van der Waals surface area contributed by atoms with Gasteiger partial charge < -0.3 is 25.6 Å². The topological polar surface area (TPSA) is 134 Å². The third-order valence-electron chi connectivity index (χ3n) is 5.82. The van der Waals surface area contributed by atoms with Crippen molar-refractivity contribution in [2.45, 2.75) is 31.1 Å². The number of benzene rings is 2. The molecule has 0 aliphatic carbocycles. The van der Waals surface area contributed by atoms with Crippen molar-refractivity contribution in [1.82, 2.24) is 24.8 Å². The summed E-state index contributed by atoms with van der Waals surface area (Å²) in [6.07, 6.45) is -3.86. The number of nitrogens with zero attached hydrogens (tertiary/aromatic N) is 4. The molecule has 35 heavy (non-hydrogen) atoms. The number of aliphatic hydroxyl groups is 2. The van der Waals surface area contributed by atoms with E-state index in [0.29, 0.717) is 23.4 Å². The molecule has 4 aromatic rings. The van der Waals surface area contributed by atoms with Gasteiger partial charge in [-0.05, 0) is 17.7 Å². The summed E-state index contributed by atoms with van der Waals surface area (Å²) in [6.45, 7) is 0.447. The van der Waals surface area contributed by atoms with Crippen LogP contribution in [0.25, 0.3) is 22.6 Å². The Morgan fingerprint density at radius 1 is 1.11 bits per heavy atom. The van der Waals surface area contributed by atoms with E-state index < -0.39 is 36.3 Å². The fraction of sp³-hybridized carbons (Fsp3) is 0.250. The Labute approximate surface area is 199 Å². The lowest BCUT2D eigenvalue weighted by molar-refractivity contribution is -0.137. The van der Waals surface area contributed by atoms with E-state index in [9.17, 15) is 19.4 Å². The lowest BCUT2D eigenvalue weighted by atomic mass is 10.1. The van der Waals surface area contributed by atoms with Crippen molar-refractivity contribution in [3.8, 4) is 11.4 Å². The van der Waals surface area contributed by atoms with Crippen molar-refractivity contribution in [3.05, 3.63) is 72.3 Å². The van der Waals surface area contributed by atoms with Crippen molar-refractivity contribution in [1.29, 1.82) is 0 Å². The number of nitrogens with one attached hydrogen (secondary N) is 2. The predicted octanol–water partition coefficient (Wildman–Crippen LogP) is 1.61. The molecule has 3 heterocycles. The van der Waals surface area contributed by atoms with Crippen LogP contribution in [0.1, 0.15) is 11.8 Å². The highest BCUT2D eigenvalue weighted by atomic mass is 19.1. The standard InChI is InChI=1S/C24H23FN6O4/c1-26-23(34)19-17(32)18(33)24(35-19)31-12-28-16-21(27-11-13-6-3-2-4-7-13)29-20(30-22(16)31)14-8-5-9-15(25)10-14/h2-10,12,17-19,24,32-33H,11H2,1H3,(H,26,34)(H,27,29,30)/t17-,18+,19-,24+/m0/s1. The number of fused-ring (bicyclic) bond motifs is 1. The van der Waals surface area contributed by atoms with Crippen LogP contribution in [0.2, 0.25) is 0 Å². The minimum atomic E-state index is -1.45. The van der Waals surface area contributed by atoms with Gasteiger partial charge in [-0.1, -0.05) is 42.5 Å². The third-order valence-corrected chi connectivity index (χ3v) is 5.82. The Balaban J connectivity index is 1.58. The van der Waals surface area contributed by atoms with Crippen LogP contribution in [0.15, 0.2) is 60.9 Å². The molecule has 11 heteroatoms. The zero-order chi connectivity index (χ0) is 24.5. The van der Waals surface area contributed by atoms with Gasteiger partial charge in [-0.15, -0.1) is 0 Å². The fourth-order valence-corrected chi connectivity index (χ4v) is 4.01. The summed E-state index contributed by atoms with van der Waals surface area (Å²) in [5.41, 5.74) is 2.12. The number of rotatable bonds is 6. The first kappa shape index (κ1) is 22.8. The molecule has 4 atom stereocenters. The fourth-order valence-electron chi connectivity index (χ4n) is 4.01. The monoisotopic (exact) mass is 478 g/mol. The molecule has 2 aromatic carbocycles. The van der Waals surface area contributed by atoms with Gasteiger partial charge in [0, 0.05) is 19.2 Å². The number of ether oxygens (including phenoxy) is 1. The van der Waals surface area contributed by atoms with Crippen LogP contribution in [-0.2, 0) is 16.1 Å². The Morgan fingerprint density at radius 3 is 2.66 bits per heavy atom. The van der Waals surface area contributed by atoms with E-state index in [1.54, 1.807) is 12.1 Å². The number of aliphatic hydroxyl groups excluding tert-OH is 2. The maximum Gasteiger partial charge on any atom is 0.251 e. The number of aromatic nitrogens is 4. The summed E-state index contributed by atoms with van der Waals surface area (Å²) in [5, 5.41) is 26.7. The van der Waals surface area contributed by atoms with E-state index in [2.05, 4.69) is 25.6 Å². The molecule has 5 rings (SSSR count). The molecule has 0 bridgehead atoms. The van der Waals surface area contributed by atoms with E-state index in [1.165, 1.54) is 30.1 Å². The van der Waals surface area contributed by atoms with E-state index >= 15 is 0 Å². The summed E-state index contributed by atoms with van der Waals surface area (Å²) >= 11 is 0. The molecule has 1 aliphatic heterocycles. The molecule has 0 spiro atoms. The molecule has 10 nitrogen and oxygen atoms in total. The number of halogens is 1. The number of carbonyl (C=O) groups excluding carboxylic acids is 1. The number of likely N-dealkylation sites (N-methyl/N-ethyl adjacent to an activating group) is 1. The van der Waals surface area contributed by atoms with Crippen LogP contribution in [0, 0.1) is 5.82 Å².